The Balaban J connectivity index is 1.82. The van der Waals surface area contributed by atoms with Crippen molar-refractivity contribution in [1.29, 1.82) is 0 Å². The van der Waals surface area contributed by atoms with Gasteiger partial charge in [-0.25, -0.2) is 13.2 Å². The molecule has 0 aliphatic rings. The van der Waals surface area contributed by atoms with Gasteiger partial charge in [-0.15, -0.1) is 0 Å². The average molecular weight is 443 g/mol. The summed E-state index contributed by atoms with van der Waals surface area (Å²) < 4.78 is 32.4. The lowest BCUT2D eigenvalue weighted by molar-refractivity contribution is 0.0603. The number of para-hydroxylation sites is 1. The summed E-state index contributed by atoms with van der Waals surface area (Å²) in [5, 5.41) is 0.635. The molecule has 0 saturated heterocycles. The number of fused-ring (bicyclic) bond motifs is 1. The van der Waals surface area contributed by atoms with Gasteiger partial charge in [0.15, 0.2) is 0 Å². The second-order valence-corrected chi connectivity index (χ2v) is 9.45. The molecule has 0 aliphatic carbocycles. The molecule has 0 N–H and O–H groups in total. The molecule has 2 aromatic carbocycles. The Morgan fingerprint density at radius 3 is 2.48 bits per heavy atom. The molecule has 8 heteroatoms. The quantitative estimate of drug-likeness (QED) is 0.518. The highest BCUT2D eigenvalue weighted by molar-refractivity contribution is 7.92. The summed E-state index contributed by atoms with van der Waals surface area (Å²) in [6.07, 6.45) is 3.10. The summed E-state index contributed by atoms with van der Waals surface area (Å²) in [5.74, 6) is -0.735. The SMILES string of the molecule is COC(=O)c1cn(C(=O)CCCN(c2cc(C)ccc2C)S(C)(=O)=O)c2ccccc12. The maximum absolute atomic E-state index is 12.9. The number of rotatable bonds is 7. The first-order valence-electron chi connectivity index (χ1n) is 9.90. The van der Waals surface area contributed by atoms with E-state index in [4.69, 9.17) is 4.74 Å². The fourth-order valence-electron chi connectivity index (χ4n) is 3.61. The van der Waals surface area contributed by atoms with E-state index in [1.54, 1.807) is 24.3 Å². The van der Waals surface area contributed by atoms with Crippen molar-refractivity contribution in [3.8, 4) is 0 Å². The second-order valence-electron chi connectivity index (χ2n) is 7.54. The number of hydrogen-bond donors (Lipinski definition) is 0. The molecule has 0 radical (unpaired) electrons. The van der Waals surface area contributed by atoms with Crippen molar-refractivity contribution in [1.82, 2.24) is 4.57 Å². The van der Waals surface area contributed by atoms with E-state index in [0.717, 1.165) is 11.1 Å². The van der Waals surface area contributed by atoms with Gasteiger partial charge in [0.2, 0.25) is 15.9 Å². The molecule has 164 valence electrons. The molecule has 0 saturated carbocycles. The average Bonchev–Trinajstić information content (AvgIpc) is 3.11. The Labute approximate surface area is 182 Å². The van der Waals surface area contributed by atoms with Gasteiger partial charge in [-0.05, 0) is 43.5 Å². The van der Waals surface area contributed by atoms with Crippen LogP contribution in [0.1, 0.15) is 39.1 Å². The van der Waals surface area contributed by atoms with Gasteiger partial charge in [0, 0.05) is 24.5 Å². The maximum atomic E-state index is 12.9. The Kier molecular flexibility index (Phi) is 6.50. The maximum Gasteiger partial charge on any atom is 0.340 e. The predicted octanol–water partition coefficient (Wildman–Crippen LogP) is 3.93. The highest BCUT2D eigenvalue weighted by Crippen LogP contribution is 2.25. The zero-order valence-electron chi connectivity index (χ0n) is 18.1. The number of esters is 1. The topological polar surface area (TPSA) is 85.7 Å². The lowest BCUT2D eigenvalue weighted by Gasteiger charge is -2.24. The first-order valence-corrected chi connectivity index (χ1v) is 11.7. The Morgan fingerprint density at radius 1 is 1.10 bits per heavy atom. The number of anilines is 1. The summed E-state index contributed by atoms with van der Waals surface area (Å²) in [6, 6.07) is 12.8. The van der Waals surface area contributed by atoms with Crippen LogP contribution in [-0.2, 0) is 14.8 Å². The standard InChI is InChI=1S/C23H26N2O5S/c1-16-11-12-17(2)21(14-16)25(31(4,28)29)13-7-10-22(26)24-15-19(23(27)30-3)18-8-5-6-9-20(18)24/h5-6,8-9,11-12,14-15H,7,10,13H2,1-4H3. The molecular weight excluding hydrogens is 416 g/mol. The van der Waals surface area contributed by atoms with Crippen molar-refractivity contribution < 1.29 is 22.7 Å². The molecule has 0 atom stereocenters. The van der Waals surface area contributed by atoms with Gasteiger partial charge in [0.25, 0.3) is 0 Å². The van der Waals surface area contributed by atoms with Gasteiger partial charge < -0.3 is 4.74 Å². The van der Waals surface area contributed by atoms with E-state index in [1.165, 1.54) is 28.4 Å². The molecule has 0 bridgehead atoms. The summed E-state index contributed by atoms with van der Waals surface area (Å²) >= 11 is 0. The van der Waals surface area contributed by atoms with Crippen LogP contribution in [0, 0.1) is 13.8 Å². The molecule has 7 nitrogen and oxygen atoms in total. The van der Waals surface area contributed by atoms with E-state index in [0.29, 0.717) is 28.6 Å². The van der Waals surface area contributed by atoms with Crippen molar-refractivity contribution in [2.45, 2.75) is 26.7 Å². The number of ether oxygens (including phenoxy) is 1. The Bertz CT molecular complexity index is 1240. The zero-order valence-corrected chi connectivity index (χ0v) is 18.9. The highest BCUT2D eigenvalue weighted by atomic mass is 32.2. The fraction of sp³-hybridized carbons (Fsp3) is 0.304. The lowest BCUT2D eigenvalue weighted by Crippen LogP contribution is -2.32. The van der Waals surface area contributed by atoms with Crippen molar-refractivity contribution >= 4 is 38.5 Å². The summed E-state index contributed by atoms with van der Waals surface area (Å²) in [7, 11) is -2.22. The number of sulfonamides is 1. The Morgan fingerprint density at radius 2 is 1.81 bits per heavy atom. The highest BCUT2D eigenvalue weighted by Gasteiger charge is 2.21. The number of methoxy groups -OCH3 is 1. The van der Waals surface area contributed by atoms with Crippen LogP contribution in [0.3, 0.4) is 0 Å². The van der Waals surface area contributed by atoms with E-state index >= 15 is 0 Å². The van der Waals surface area contributed by atoms with Gasteiger partial charge in [-0.3, -0.25) is 13.7 Å². The normalized spacial score (nSPS) is 11.5. The number of aromatic nitrogens is 1. The van der Waals surface area contributed by atoms with Crippen LogP contribution < -0.4 is 4.31 Å². The Hall–Kier alpha value is -3.13. The summed E-state index contributed by atoms with van der Waals surface area (Å²) in [6.45, 7) is 3.94. The number of aryl methyl sites for hydroxylation is 2. The number of hydrogen-bond acceptors (Lipinski definition) is 5. The molecule has 0 fully saturated rings. The third-order valence-corrected chi connectivity index (χ3v) is 6.35. The van der Waals surface area contributed by atoms with Crippen molar-refractivity contribution in [2.24, 2.45) is 0 Å². The largest absolute Gasteiger partial charge is 0.465 e. The van der Waals surface area contributed by atoms with Crippen LogP contribution in [0.5, 0.6) is 0 Å². The first-order chi connectivity index (χ1) is 14.6. The van der Waals surface area contributed by atoms with Gasteiger partial charge >= 0.3 is 5.97 Å². The number of carbonyl (C=O) groups excluding carboxylic acids is 2. The van der Waals surface area contributed by atoms with Gasteiger partial charge in [-0.2, -0.15) is 0 Å². The fourth-order valence-corrected chi connectivity index (χ4v) is 4.62. The van der Waals surface area contributed by atoms with Crippen molar-refractivity contribution in [3.63, 3.8) is 0 Å². The van der Waals surface area contributed by atoms with Crippen LogP contribution in [-0.4, -0.2) is 44.8 Å². The van der Waals surface area contributed by atoms with E-state index in [1.807, 2.05) is 32.0 Å². The smallest absolute Gasteiger partial charge is 0.340 e. The minimum atomic E-state index is -3.51. The van der Waals surface area contributed by atoms with Gasteiger partial charge in [-0.1, -0.05) is 30.3 Å². The molecule has 31 heavy (non-hydrogen) atoms. The van der Waals surface area contributed by atoms with Crippen LogP contribution in [0.15, 0.2) is 48.7 Å². The van der Waals surface area contributed by atoms with E-state index in [9.17, 15) is 18.0 Å². The van der Waals surface area contributed by atoms with Crippen LogP contribution in [0.4, 0.5) is 5.69 Å². The molecule has 1 heterocycles. The monoisotopic (exact) mass is 442 g/mol. The third kappa shape index (κ3) is 4.80. The number of nitrogens with zero attached hydrogens (tertiary/aromatic N) is 2. The molecule has 0 spiro atoms. The summed E-state index contributed by atoms with van der Waals surface area (Å²) in [4.78, 5) is 25.0. The van der Waals surface area contributed by atoms with E-state index in [2.05, 4.69) is 0 Å². The molecule has 1 aromatic heterocycles. The molecule has 0 aliphatic heterocycles. The lowest BCUT2D eigenvalue weighted by atomic mass is 10.1. The minimum absolute atomic E-state index is 0.121. The molecule has 3 rings (SSSR count). The van der Waals surface area contributed by atoms with E-state index in [-0.39, 0.29) is 18.9 Å². The van der Waals surface area contributed by atoms with Crippen molar-refractivity contribution in [3.05, 3.63) is 65.4 Å². The molecular formula is C23H26N2O5S. The van der Waals surface area contributed by atoms with E-state index < -0.39 is 16.0 Å². The molecule has 3 aromatic rings. The second kappa shape index (κ2) is 8.93. The molecule has 0 unspecified atom stereocenters. The van der Waals surface area contributed by atoms with Crippen LogP contribution in [0.2, 0.25) is 0 Å². The van der Waals surface area contributed by atoms with Crippen LogP contribution in [0.25, 0.3) is 10.9 Å². The predicted molar refractivity (Wildman–Crippen MR) is 121 cm³/mol. The summed E-state index contributed by atoms with van der Waals surface area (Å²) in [5.41, 5.74) is 3.36. The number of carbonyl (C=O) groups is 2. The zero-order chi connectivity index (χ0) is 22.8. The number of benzene rings is 2. The van der Waals surface area contributed by atoms with Crippen molar-refractivity contribution in [2.75, 3.05) is 24.2 Å². The first kappa shape index (κ1) is 22.6. The molecule has 0 amide bonds. The third-order valence-electron chi connectivity index (χ3n) is 5.17. The van der Waals surface area contributed by atoms with Gasteiger partial charge in [0.1, 0.15) is 0 Å². The van der Waals surface area contributed by atoms with Crippen LogP contribution >= 0.6 is 0 Å². The minimum Gasteiger partial charge on any atom is -0.465 e. The van der Waals surface area contributed by atoms with Gasteiger partial charge in [0.05, 0.1) is 30.1 Å².